The van der Waals surface area contributed by atoms with E-state index in [0.717, 1.165) is 34.6 Å². The first kappa shape index (κ1) is 18.6. The highest BCUT2D eigenvalue weighted by atomic mass is 35.5. The molecule has 7 heteroatoms. The van der Waals surface area contributed by atoms with Crippen LogP contribution in [0, 0.1) is 10.1 Å². The summed E-state index contributed by atoms with van der Waals surface area (Å²) in [6.45, 7) is 1.95. The number of nitro groups is 1. The number of benzene rings is 3. The van der Waals surface area contributed by atoms with Crippen LogP contribution in [-0.2, 0) is 5.72 Å². The number of nitrogens with zero attached hydrogens (tertiary/aromatic N) is 3. The van der Waals surface area contributed by atoms with Crippen LogP contribution in [0.5, 0.6) is 5.75 Å². The topological polar surface area (TPSA) is 68.0 Å². The SMILES string of the molecule is C[C@@]1(c2ccc([N+](=O)[O-])cc2)Oc2ccccc2[C@H]2CC(c3ccc(Cl)cc3)=NN21. The maximum Gasteiger partial charge on any atom is 0.269 e. The predicted octanol–water partition coefficient (Wildman–Crippen LogP) is 5.66. The number of halogens is 1. The van der Waals surface area contributed by atoms with Crippen LogP contribution in [0.2, 0.25) is 5.02 Å². The van der Waals surface area contributed by atoms with Crippen molar-refractivity contribution in [2.75, 3.05) is 0 Å². The van der Waals surface area contributed by atoms with Gasteiger partial charge in [-0.3, -0.25) is 10.1 Å². The van der Waals surface area contributed by atoms with E-state index in [1.165, 1.54) is 12.1 Å². The van der Waals surface area contributed by atoms with E-state index in [2.05, 4.69) is 6.07 Å². The monoisotopic (exact) mass is 419 g/mol. The van der Waals surface area contributed by atoms with Crippen molar-refractivity contribution in [2.24, 2.45) is 5.10 Å². The summed E-state index contributed by atoms with van der Waals surface area (Å²) in [7, 11) is 0. The van der Waals surface area contributed by atoms with Crippen molar-refractivity contribution in [3.05, 3.63) is 105 Å². The summed E-state index contributed by atoms with van der Waals surface area (Å²) in [5.41, 5.74) is 2.98. The van der Waals surface area contributed by atoms with Gasteiger partial charge in [-0.1, -0.05) is 41.9 Å². The Morgan fingerprint density at radius 1 is 1.10 bits per heavy atom. The molecule has 2 aliphatic rings. The van der Waals surface area contributed by atoms with Gasteiger partial charge in [0.25, 0.3) is 5.69 Å². The molecule has 150 valence electrons. The number of hydrogen-bond acceptors (Lipinski definition) is 5. The molecule has 0 aromatic heterocycles. The second-order valence-corrected chi connectivity index (χ2v) is 7.98. The molecule has 0 radical (unpaired) electrons. The summed E-state index contributed by atoms with van der Waals surface area (Å²) in [4.78, 5) is 10.7. The second-order valence-electron chi connectivity index (χ2n) is 7.54. The van der Waals surface area contributed by atoms with Gasteiger partial charge in [0.05, 0.1) is 16.7 Å². The summed E-state index contributed by atoms with van der Waals surface area (Å²) in [5, 5.41) is 18.7. The summed E-state index contributed by atoms with van der Waals surface area (Å²) >= 11 is 6.05. The summed E-state index contributed by atoms with van der Waals surface area (Å²) in [5.74, 6) is 0.798. The number of rotatable bonds is 3. The van der Waals surface area contributed by atoms with Crippen LogP contribution in [0.1, 0.15) is 36.1 Å². The minimum absolute atomic E-state index is 0.000759. The molecule has 0 unspecified atom stereocenters. The van der Waals surface area contributed by atoms with Crippen LogP contribution < -0.4 is 4.74 Å². The van der Waals surface area contributed by atoms with E-state index in [-0.39, 0.29) is 11.7 Å². The average molecular weight is 420 g/mol. The van der Waals surface area contributed by atoms with Crippen LogP contribution in [0.4, 0.5) is 5.69 Å². The van der Waals surface area contributed by atoms with E-state index in [1.807, 2.05) is 54.4 Å². The Balaban J connectivity index is 1.61. The van der Waals surface area contributed by atoms with E-state index < -0.39 is 10.6 Å². The number of nitro benzene ring substituents is 1. The van der Waals surface area contributed by atoms with Gasteiger partial charge in [-0.05, 0) is 35.9 Å². The first-order valence-corrected chi connectivity index (χ1v) is 9.99. The van der Waals surface area contributed by atoms with Gasteiger partial charge in [0.15, 0.2) is 0 Å². The highest BCUT2D eigenvalue weighted by Crippen LogP contribution is 2.50. The van der Waals surface area contributed by atoms with Gasteiger partial charge in [0.1, 0.15) is 5.75 Å². The number of ether oxygens (including phenoxy) is 1. The largest absolute Gasteiger partial charge is 0.462 e. The Hall–Kier alpha value is -3.38. The Kier molecular flexibility index (Phi) is 4.25. The lowest BCUT2D eigenvalue weighted by Crippen LogP contribution is -2.48. The maximum atomic E-state index is 11.1. The molecular formula is C23H18ClN3O3. The normalized spacial score (nSPS) is 22.0. The zero-order valence-corrected chi connectivity index (χ0v) is 16.9. The second kappa shape index (κ2) is 6.85. The molecule has 6 nitrogen and oxygen atoms in total. The minimum atomic E-state index is -0.900. The number of hydrogen-bond donors (Lipinski definition) is 0. The zero-order chi connectivity index (χ0) is 20.9. The van der Waals surface area contributed by atoms with Crippen LogP contribution in [0.25, 0.3) is 0 Å². The average Bonchev–Trinajstić information content (AvgIpc) is 3.21. The Labute approximate surface area is 178 Å². The molecule has 0 saturated carbocycles. The van der Waals surface area contributed by atoms with Gasteiger partial charge in [-0.2, -0.15) is 5.10 Å². The smallest absolute Gasteiger partial charge is 0.269 e. The van der Waals surface area contributed by atoms with Crippen molar-refractivity contribution < 1.29 is 9.66 Å². The number of fused-ring (bicyclic) bond motifs is 3. The molecule has 0 aliphatic carbocycles. The molecule has 0 saturated heterocycles. The molecule has 2 heterocycles. The first-order chi connectivity index (χ1) is 14.5. The third-order valence-corrected chi connectivity index (χ3v) is 5.98. The van der Waals surface area contributed by atoms with Gasteiger partial charge >= 0.3 is 0 Å². The summed E-state index contributed by atoms with van der Waals surface area (Å²) in [6.07, 6.45) is 0.727. The molecule has 0 bridgehead atoms. The van der Waals surface area contributed by atoms with Crippen molar-refractivity contribution in [3.8, 4) is 5.75 Å². The van der Waals surface area contributed by atoms with Crippen molar-refractivity contribution >= 4 is 23.0 Å². The Bertz CT molecular complexity index is 1160. The number of non-ortho nitro benzene ring substituents is 1. The lowest BCUT2D eigenvalue weighted by molar-refractivity contribution is -0.384. The Morgan fingerprint density at radius 2 is 1.80 bits per heavy atom. The van der Waals surface area contributed by atoms with E-state index in [9.17, 15) is 10.1 Å². The lowest BCUT2D eigenvalue weighted by atomic mass is 9.92. The van der Waals surface area contributed by atoms with E-state index in [0.29, 0.717) is 5.02 Å². The molecule has 0 spiro atoms. The van der Waals surface area contributed by atoms with Crippen molar-refractivity contribution in [3.63, 3.8) is 0 Å². The number of hydrazone groups is 1. The fourth-order valence-electron chi connectivity index (χ4n) is 4.16. The van der Waals surface area contributed by atoms with Gasteiger partial charge in [0.2, 0.25) is 5.72 Å². The molecule has 30 heavy (non-hydrogen) atoms. The molecule has 0 N–H and O–H groups in total. The predicted molar refractivity (Wildman–Crippen MR) is 115 cm³/mol. The summed E-state index contributed by atoms with van der Waals surface area (Å²) in [6, 6.07) is 22.1. The standard InChI is InChI=1S/C23H18ClN3O3/c1-23(16-8-12-18(13-9-16)27(28)29)26-21(19-4-2-3-5-22(19)30-23)14-20(25-26)15-6-10-17(24)11-7-15/h2-13,21H,14H2,1H3/t21-,23+/m1/s1. The fraction of sp³-hybridized carbons (Fsp3) is 0.174. The summed E-state index contributed by atoms with van der Waals surface area (Å²) < 4.78 is 6.45. The molecule has 0 fully saturated rings. The van der Waals surface area contributed by atoms with E-state index in [4.69, 9.17) is 21.4 Å². The van der Waals surface area contributed by atoms with Crippen LogP contribution in [0.15, 0.2) is 77.9 Å². The molecule has 3 aromatic rings. The molecular weight excluding hydrogens is 402 g/mol. The third-order valence-electron chi connectivity index (χ3n) is 5.73. The molecule has 0 amide bonds. The van der Waals surface area contributed by atoms with Crippen molar-refractivity contribution in [2.45, 2.75) is 25.1 Å². The minimum Gasteiger partial charge on any atom is -0.462 e. The number of para-hydroxylation sites is 1. The van der Waals surface area contributed by atoms with E-state index in [1.54, 1.807) is 12.1 Å². The fourth-order valence-corrected chi connectivity index (χ4v) is 4.28. The van der Waals surface area contributed by atoms with Crippen molar-refractivity contribution in [1.82, 2.24) is 5.01 Å². The maximum absolute atomic E-state index is 11.1. The van der Waals surface area contributed by atoms with Gasteiger partial charge in [-0.25, -0.2) is 5.01 Å². The molecule has 2 atom stereocenters. The molecule has 3 aromatic carbocycles. The van der Waals surface area contributed by atoms with Crippen LogP contribution >= 0.6 is 11.6 Å². The van der Waals surface area contributed by atoms with Gasteiger partial charge in [0, 0.05) is 41.6 Å². The quantitative estimate of drug-likeness (QED) is 0.405. The van der Waals surface area contributed by atoms with Crippen LogP contribution in [0.3, 0.4) is 0 Å². The van der Waals surface area contributed by atoms with Crippen molar-refractivity contribution in [1.29, 1.82) is 0 Å². The highest BCUT2D eigenvalue weighted by Gasteiger charge is 2.48. The molecule has 2 aliphatic heterocycles. The lowest BCUT2D eigenvalue weighted by Gasteiger charge is -2.45. The van der Waals surface area contributed by atoms with Gasteiger partial charge in [-0.15, -0.1) is 0 Å². The Morgan fingerprint density at radius 3 is 2.50 bits per heavy atom. The zero-order valence-electron chi connectivity index (χ0n) is 16.2. The highest BCUT2D eigenvalue weighted by molar-refractivity contribution is 6.30. The molecule has 5 rings (SSSR count). The third kappa shape index (κ3) is 2.92. The first-order valence-electron chi connectivity index (χ1n) is 9.61. The van der Waals surface area contributed by atoms with Gasteiger partial charge < -0.3 is 4.74 Å². The van der Waals surface area contributed by atoms with Crippen LogP contribution in [-0.4, -0.2) is 15.6 Å². The van der Waals surface area contributed by atoms with E-state index >= 15 is 0 Å².